The Morgan fingerprint density at radius 2 is 2.18 bits per heavy atom. The molecule has 0 atom stereocenters. The van der Waals surface area contributed by atoms with Crippen molar-refractivity contribution in [2.75, 3.05) is 18.5 Å². The van der Waals surface area contributed by atoms with Gasteiger partial charge in [-0.2, -0.15) is 0 Å². The molecule has 2 rings (SSSR count). The van der Waals surface area contributed by atoms with Gasteiger partial charge in [-0.15, -0.1) is 0 Å². The molecular formula is C12H17ClN2O2. The zero-order valence-corrected chi connectivity index (χ0v) is 10.6. The van der Waals surface area contributed by atoms with E-state index in [4.69, 9.17) is 16.7 Å². The van der Waals surface area contributed by atoms with Crippen molar-refractivity contribution in [3.63, 3.8) is 0 Å². The van der Waals surface area contributed by atoms with Crippen molar-refractivity contribution in [3.05, 3.63) is 22.8 Å². The summed E-state index contributed by atoms with van der Waals surface area (Å²) in [7, 11) is 1.96. The average molecular weight is 257 g/mol. The van der Waals surface area contributed by atoms with Crippen LogP contribution in [0.4, 0.5) is 5.82 Å². The lowest BCUT2D eigenvalue weighted by molar-refractivity contribution is 0.0464. The number of nitrogens with zero attached hydrogens (tertiary/aromatic N) is 2. The van der Waals surface area contributed by atoms with Gasteiger partial charge in [0.25, 0.3) is 0 Å². The van der Waals surface area contributed by atoms with E-state index in [0.717, 1.165) is 25.2 Å². The second-order valence-electron chi connectivity index (χ2n) is 4.63. The van der Waals surface area contributed by atoms with Crippen LogP contribution in [0.15, 0.2) is 12.1 Å². The molecular weight excluding hydrogens is 240 g/mol. The van der Waals surface area contributed by atoms with Crippen LogP contribution in [-0.4, -0.2) is 34.9 Å². The standard InChI is InChI=1S/C12H17ClN2O2/c1-15(6-8-4-9(17)5-8)12-3-2-10(13)11(7-16)14-12/h2-3,8-9,16-17H,4-7H2,1H3. The first kappa shape index (κ1) is 12.6. The number of halogens is 1. The predicted octanol–water partition coefficient (Wildman–Crippen LogP) is 1.43. The lowest BCUT2D eigenvalue weighted by Gasteiger charge is -2.34. The molecule has 5 heteroatoms. The largest absolute Gasteiger partial charge is 0.393 e. The van der Waals surface area contributed by atoms with E-state index >= 15 is 0 Å². The van der Waals surface area contributed by atoms with Gasteiger partial charge in [-0.25, -0.2) is 4.98 Å². The maximum Gasteiger partial charge on any atom is 0.128 e. The molecule has 1 aliphatic rings. The van der Waals surface area contributed by atoms with E-state index in [1.165, 1.54) is 0 Å². The fourth-order valence-corrected chi connectivity index (χ4v) is 2.29. The van der Waals surface area contributed by atoms with Crippen LogP contribution >= 0.6 is 11.6 Å². The van der Waals surface area contributed by atoms with Gasteiger partial charge in [0.15, 0.2) is 0 Å². The number of aromatic nitrogens is 1. The van der Waals surface area contributed by atoms with Crippen LogP contribution in [0.25, 0.3) is 0 Å². The first-order valence-corrected chi connectivity index (χ1v) is 6.13. The Balaban J connectivity index is 2.01. The molecule has 94 valence electrons. The van der Waals surface area contributed by atoms with E-state index < -0.39 is 0 Å². The SMILES string of the molecule is CN(CC1CC(O)C1)c1ccc(Cl)c(CO)n1. The van der Waals surface area contributed by atoms with Gasteiger partial charge in [-0.1, -0.05) is 11.6 Å². The van der Waals surface area contributed by atoms with Gasteiger partial charge in [-0.05, 0) is 30.9 Å². The zero-order chi connectivity index (χ0) is 12.4. The molecule has 17 heavy (non-hydrogen) atoms. The summed E-state index contributed by atoms with van der Waals surface area (Å²) in [5.74, 6) is 1.34. The zero-order valence-electron chi connectivity index (χ0n) is 9.80. The lowest BCUT2D eigenvalue weighted by atomic mass is 9.82. The van der Waals surface area contributed by atoms with Gasteiger partial charge >= 0.3 is 0 Å². The van der Waals surface area contributed by atoms with Crippen LogP contribution in [0.1, 0.15) is 18.5 Å². The molecule has 0 saturated heterocycles. The summed E-state index contributed by atoms with van der Waals surface area (Å²) < 4.78 is 0. The molecule has 0 spiro atoms. The van der Waals surface area contributed by atoms with E-state index in [0.29, 0.717) is 16.6 Å². The predicted molar refractivity (Wildman–Crippen MR) is 67.2 cm³/mol. The highest BCUT2D eigenvalue weighted by Gasteiger charge is 2.28. The third-order valence-electron chi connectivity index (χ3n) is 3.19. The minimum atomic E-state index is -0.150. The van der Waals surface area contributed by atoms with Gasteiger partial charge in [0.05, 0.1) is 23.4 Å². The summed E-state index contributed by atoms with van der Waals surface area (Å²) in [6.45, 7) is 0.721. The second-order valence-corrected chi connectivity index (χ2v) is 5.04. The fraction of sp³-hybridized carbons (Fsp3) is 0.583. The molecule has 0 amide bonds. The quantitative estimate of drug-likeness (QED) is 0.856. The average Bonchev–Trinajstić information content (AvgIpc) is 2.27. The smallest absolute Gasteiger partial charge is 0.128 e. The van der Waals surface area contributed by atoms with E-state index in [2.05, 4.69) is 4.98 Å². The third kappa shape index (κ3) is 2.89. The molecule has 1 aliphatic carbocycles. The summed E-state index contributed by atoms with van der Waals surface area (Å²) >= 11 is 5.89. The van der Waals surface area contributed by atoms with Crippen LogP contribution < -0.4 is 4.90 Å². The first-order chi connectivity index (χ1) is 8.10. The van der Waals surface area contributed by atoms with Gasteiger partial charge in [0.2, 0.25) is 0 Å². The van der Waals surface area contributed by atoms with Crippen molar-refractivity contribution >= 4 is 17.4 Å². The second kappa shape index (κ2) is 5.21. The molecule has 2 N–H and O–H groups in total. The van der Waals surface area contributed by atoms with E-state index in [-0.39, 0.29) is 12.7 Å². The molecule has 1 fully saturated rings. The first-order valence-electron chi connectivity index (χ1n) is 5.75. The Hall–Kier alpha value is -0.840. The van der Waals surface area contributed by atoms with Crippen LogP contribution in [0.2, 0.25) is 5.02 Å². The highest BCUT2D eigenvalue weighted by Crippen LogP contribution is 2.29. The normalized spacial score (nSPS) is 23.3. The molecule has 0 radical (unpaired) electrons. The molecule has 0 bridgehead atoms. The maximum absolute atomic E-state index is 9.24. The number of rotatable bonds is 4. The number of aliphatic hydroxyl groups is 2. The van der Waals surface area contributed by atoms with Gasteiger partial charge in [0, 0.05) is 13.6 Å². The molecule has 1 heterocycles. The Morgan fingerprint density at radius 1 is 1.47 bits per heavy atom. The summed E-state index contributed by atoms with van der Waals surface area (Å²) in [4.78, 5) is 6.34. The van der Waals surface area contributed by atoms with Gasteiger partial charge in [-0.3, -0.25) is 0 Å². The molecule has 0 aromatic carbocycles. The minimum Gasteiger partial charge on any atom is -0.393 e. The van der Waals surface area contributed by atoms with Crippen LogP contribution in [0, 0.1) is 5.92 Å². The van der Waals surface area contributed by atoms with Gasteiger partial charge < -0.3 is 15.1 Å². The van der Waals surface area contributed by atoms with Crippen molar-refractivity contribution in [3.8, 4) is 0 Å². The molecule has 1 aromatic rings. The Labute approximate surface area is 106 Å². The van der Waals surface area contributed by atoms with Crippen molar-refractivity contribution in [1.82, 2.24) is 4.98 Å². The monoisotopic (exact) mass is 256 g/mol. The van der Waals surface area contributed by atoms with Crippen LogP contribution in [-0.2, 0) is 6.61 Å². The third-order valence-corrected chi connectivity index (χ3v) is 3.53. The Morgan fingerprint density at radius 3 is 2.76 bits per heavy atom. The number of hydrogen-bond acceptors (Lipinski definition) is 4. The number of anilines is 1. The van der Waals surface area contributed by atoms with Crippen LogP contribution in [0.5, 0.6) is 0 Å². The van der Waals surface area contributed by atoms with E-state index in [1.54, 1.807) is 6.07 Å². The number of hydrogen-bond donors (Lipinski definition) is 2. The number of pyridine rings is 1. The van der Waals surface area contributed by atoms with Crippen molar-refractivity contribution < 1.29 is 10.2 Å². The molecule has 0 unspecified atom stereocenters. The molecule has 4 nitrogen and oxygen atoms in total. The van der Waals surface area contributed by atoms with E-state index in [1.807, 2.05) is 18.0 Å². The molecule has 0 aliphatic heterocycles. The van der Waals surface area contributed by atoms with E-state index in [9.17, 15) is 5.11 Å². The lowest BCUT2D eigenvalue weighted by Crippen LogP contribution is -2.37. The summed E-state index contributed by atoms with van der Waals surface area (Å²) in [6.07, 6.45) is 1.61. The van der Waals surface area contributed by atoms with Gasteiger partial charge in [0.1, 0.15) is 5.82 Å². The fourth-order valence-electron chi connectivity index (χ4n) is 2.13. The van der Waals surface area contributed by atoms with Crippen molar-refractivity contribution in [2.24, 2.45) is 5.92 Å². The molecule has 1 aromatic heterocycles. The van der Waals surface area contributed by atoms with Crippen molar-refractivity contribution in [2.45, 2.75) is 25.6 Å². The minimum absolute atomic E-state index is 0.125. The number of aliphatic hydroxyl groups excluding tert-OH is 2. The Kier molecular flexibility index (Phi) is 3.86. The highest BCUT2D eigenvalue weighted by atomic mass is 35.5. The summed E-state index contributed by atoms with van der Waals surface area (Å²) in [5.41, 5.74) is 0.504. The summed E-state index contributed by atoms with van der Waals surface area (Å²) in [6, 6.07) is 3.60. The maximum atomic E-state index is 9.24. The highest BCUT2D eigenvalue weighted by molar-refractivity contribution is 6.31. The molecule has 1 saturated carbocycles. The van der Waals surface area contributed by atoms with Crippen molar-refractivity contribution in [1.29, 1.82) is 0 Å². The summed E-state index contributed by atoms with van der Waals surface area (Å²) in [5, 5.41) is 18.8. The Bertz CT molecular complexity index is 394. The van der Waals surface area contributed by atoms with Crippen LogP contribution in [0.3, 0.4) is 0 Å². The topological polar surface area (TPSA) is 56.6 Å².